The van der Waals surface area contributed by atoms with Crippen molar-refractivity contribution in [1.29, 1.82) is 0 Å². The van der Waals surface area contributed by atoms with Gasteiger partial charge in [-0.1, -0.05) is 44.2 Å². The van der Waals surface area contributed by atoms with E-state index in [-0.39, 0.29) is 0 Å². The first kappa shape index (κ1) is 19.8. The van der Waals surface area contributed by atoms with E-state index in [0.717, 1.165) is 37.9 Å². The molecule has 2 rings (SSSR count). The maximum Gasteiger partial charge on any atom is 0.191 e. The molecule has 0 spiro atoms. The van der Waals surface area contributed by atoms with Gasteiger partial charge in [-0.3, -0.25) is 4.99 Å². The van der Waals surface area contributed by atoms with Crippen molar-refractivity contribution < 1.29 is 0 Å². The summed E-state index contributed by atoms with van der Waals surface area (Å²) in [5, 5.41) is 6.85. The number of hydrogen-bond donors (Lipinski definition) is 2. The number of rotatable bonds is 8. The van der Waals surface area contributed by atoms with Crippen LogP contribution in [0.5, 0.6) is 0 Å². The summed E-state index contributed by atoms with van der Waals surface area (Å²) >= 11 is 0. The first-order valence-electron chi connectivity index (χ1n) is 9.95. The highest BCUT2D eigenvalue weighted by molar-refractivity contribution is 5.79. The third kappa shape index (κ3) is 7.91. The van der Waals surface area contributed by atoms with Gasteiger partial charge in [0.05, 0.1) is 0 Å². The number of nitrogens with zero attached hydrogens (tertiary/aromatic N) is 2. The Bertz CT molecular complexity index is 498. The van der Waals surface area contributed by atoms with Crippen LogP contribution in [0.4, 0.5) is 0 Å². The molecule has 0 saturated carbocycles. The van der Waals surface area contributed by atoms with E-state index in [1.54, 1.807) is 0 Å². The second kappa shape index (κ2) is 11.1. The fourth-order valence-corrected chi connectivity index (χ4v) is 3.51. The standard InChI is InChI=1S/C21H36N4/c1-4-22-21(23-13-12-19-9-6-5-7-10-19)24-15-20-11-8-14-25(17-20)16-18(2)3/h5-7,9-10,18,20H,4,8,11-17H2,1-3H3,(H2,22,23,24). The lowest BCUT2D eigenvalue weighted by molar-refractivity contribution is 0.162. The summed E-state index contributed by atoms with van der Waals surface area (Å²) in [6.07, 6.45) is 3.64. The summed E-state index contributed by atoms with van der Waals surface area (Å²) in [4.78, 5) is 7.46. The molecule has 25 heavy (non-hydrogen) atoms. The maximum atomic E-state index is 4.85. The summed E-state index contributed by atoms with van der Waals surface area (Å²) in [6, 6.07) is 10.6. The van der Waals surface area contributed by atoms with E-state index in [9.17, 15) is 0 Å². The number of aliphatic imine (C=N–C) groups is 1. The van der Waals surface area contributed by atoms with E-state index in [0.29, 0.717) is 5.92 Å². The number of nitrogens with one attached hydrogen (secondary N) is 2. The zero-order valence-electron chi connectivity index (χ0n) is 16.3. The number of piperidine rings is 1. The molecule has 0 amide bonds. The Labute approximate surface area is 154 Å². The number of likely N-dealkylation sites (tertiary alicyclic amines) is 1. The van der Waals surface area contributed by atoms with Gasteiger partial charge in [0, 0.05) is 32.7 Å². The van der Waals surface area contributed by atoms with Gasteiger partial charge in [0.15, 0.2) is 5.96 Å². The van der Waals surface area contributed by atoms with Crippen LogP contribution in [0.3, 0.4) is 0 Å². The van der Waals surface area contributed by atoms with Gasteiger partial charge in [0.25, 0.3) is 0 Å². The first-order chi connectivity index (χ1) is 12.2. The largest absolute Gasteiger partial charge is 0.357 e. The Hall–Kier alpha value is -1.55. The number of benzene rings is 1. The molecule has 0 aliphatic carbocycles. The molecular weight excluding hydrogens is 308 g/mol. The van der Waals surface area contributed by atoms with Gasteiger partial charge in [-0.25, -0.2) is 0 Å². The topological polar surface area (TPSA) is 39.7 Å². The molecule has 2 N–H and O–H groups in total. The van der Waals surface area contributed by atoms with E-state index in [1.807, 2.05) is 0 Å². The molecule has 1 atom stereocenters. The van der Waals surface area contributed by atoms with Gasteiger partial charge in [-0.2, -0.15) is 0 Å². The highest BCUT2D eigenvalue weighted by Crippen LogP contribution is 2.17. The van der Waals surface area contributed by atoms with Gasteiger partial charge in [-0.15, -0.1) is 0 Å². The molecule has 140 valence electrons. The van der Waals surface area contributed by atoms with Crippen molar-refractivity contribution in [3.63, 3.8) is 0 Å². The van der Waals surface area contributed by atoms with Gasteiger partial charge >= 0.3 is 0 Å². The normalized spacial score (nSPS) is 19.2. The van der Waals surface area contributed by atoms with Crippen molar-refractivity contribution in [3.05, 3.63) is 35.9 Å². The quantitative estimate of drug-likeness (QED) is 0.562. The molecule has 4 heteroatoms. The smallest absolute Gasteiger partial charge is 0.191 e. The lowest BCUT2D eigenvalue weighted by Crippen LogP contribution is -2.41. The number of hydrogen-bond acceptors (Lipinski definition) is 2. The van der Waals surface area contributed by atoms with E-state index in [2.05, 4.69) is 66.6 Å². The summed E-state index contributed by atoms with van der Waals surface area (Å²) in [5.41, 5.74) is 1.36. The van der Waals surface area contributed by atoms with E-state index in [1.165, 1.54) is 38.0 Å². The third-order valence-electron chi connectivity index (χ3n) is 4.63. The van der Waals surface area contributed by atoms with E-state index in [4.69, 9.17) is 4.99 Å². The lowest BCUT2D eigenvalue weighted by Gasteiger charge is -2.33. The molecule has 4 nitrogen and oxygen atoms in total. The van der Waals surface area contributed by atoms with E-state index >= 15 is 0 Å². The Balaban J connectivity index is 1.78. The summed E-state index contributed by atoms with van der Waals surface area (Å²) in [5.74, 6) is 2.40. The fraction of sp³-hybridized carbons (Fsp3) is 0.667. The van der Waals surface area contributed by atoms with Crippen molar-refractivity contribution in [2.24, 2.45) is 16.8 Å². The molecule has 1 fully saturated rings. The molecule has 1 heterocycles. The zero-order chi connectivity index (χ0) is 17.9. The molecule has 0 bridgehead atoms. The van der Waals surface area contributed by atoms with Crippen molar-refractivity contribution in [2.45, 2.75) is 40.0 Å². The monoisotopic (exact) mass is 344 g/mol. The predicted octanol–water partition coefficient (Wildman–Crippen LogP) is 3.15. The van der Waals surface area contributed by atoms with Crippen LogP contribution in [-0.2, 0) is 6.42 Å². The Kier molecular flexibility index (Phi) is 8.81. The average molecular weight is 345 g/mol. The van der Waals surface area contributed by atoms with Crippen molar-refractivity contribution in [2.75, 3.05) is 39.3 Å². The minimum atomic E-state index is 0.692. The average Bonchev–Trinajstić information content (AvgIpc) is 2.60. The second-order valence-corrected chi connectivity index (χ2v) is 7.54. The molecule has 1 unspecified atom stereocenters. The van der Waals surface area contributed by atoms with Crippen LogP contribution < -0.4 is 10.6 Å². The summed E-state index contributed by atoms with van der Waals surface area (Å²) in [6.45, 7) is 13.2. The van der Waals surface area contributed by atoms with Gasteiger partial charge in [0.1, 0.15) is 0 Å². The van der Waals surface area contributed by atoms with Crippen LogP contribution in [-0.4, -0.2) is 50.1 Å². The summed E-state index contributed by atoms with van der Waals surface area (Å²) in [7, 11) is 0. The molecule has 1 saturated heterocycles. The van der Waals surface area contributed by atoms with Gasteiger partial charge in [0.2, 0.25) is 0 Å². The van der Waals surface area contributed by atoms with Crippen molar-refractivity contribution >= 4 is 5.96 Å². The third-order valence-corrected chi connectivity index (χ3v) is 4.63. The van der Waals surface area contributed by atoms with Crippen LogP contribution in [0.15, 0.2) is 35.3 Å². The minimum absolute atomic E-state index is 0.692. The highest BCUT2D eigenvalue weighted by atomic mass is 15.2. The fourth-order valence-electron chi connectivity index (χ4n) is 3.51. The minimum Gasteiger partial charge on any atom is -0.357 e. The first-order valence-corrected chi connectivity index (χ1v) is 9.95. The van der Waals surface area contributed by atoms with Gasteiger partial charge < -0.3 is 15.5 Å². The molecular formula is C21H36N4. The Morgan fingerprint density at radius 1 is 1.24 bits per heavy atom. The molecule has 1 aromatic rings. The van der Waals surface area contributed by atoms with Crippen molar-refractivity contribution in [3.8, 4) is 0 Å². The molecule has 1 aromatic carbocycles. The van der Waals surface area contributed by atoms with Gasteiger partial charge in [-0.05, 0) is 50.1 Å². The molecule has 1 aliphatic heterocycles. The van der Waals surface area contributed by atoms with Crippen LogP contribution in [0.1, 0.15) is 39.2 Å². The summed E-state index contributed by atoms with van der Waals surface area (Å²) < 4.78 is 0. The molecule has 0 radical (unpaired) electrons. The SMILES string of the molecule is CCNC(=NCC1CCCN(CC(C)C)C1)NCCc1ccccc1. The van der Waals surface area contributed by atoms with Crippen LogP contribution in [0.2, 0.25) is 0 Å². The van der Waals surface area contributed by atoms with Crippen LogP contribution in [0.25, 0.3) is 0 Å². The predicted molar refractivity (Wildman–Crippen MR) is 108 cm³/mol. The zero-order valence-corrected chi connectivity index (χ0v) is 16.3. The maximum absolute atomic E-state index is 4.85. The van der Waals surface area contributed by atoms with Crippen molar-refractivity contribution in [1.82, 2.24) is 15.5 Å². The highest BCUT2D eigenvalue weighted by Gasteiger charge is 2.20. The Morgan fingerprint density at radius 3 is 2.76 bits per heavy atom. The number of guanidine groups is 1. The van der Waals surface area contributed by atoms with Crippen LogP contribution >= 0.6 is 0 Å². The lowest BCUT2D eigenvalue weighted by atomic mass is 9.97. The Morgan fingerprint density at radius 2 is 2.04 bits per heavy atom. The molecule has 1 aliphatic rings. The van der Waals surface area contributed by atoms with Crippen LogP contribution in [0, 0.1) is 11.8 Å². The van der Waals surface area contributed by atoms with E-state index < -0.39 is 0 Å². The second-order valence-electron chi connectivity index (χ2n) is 7.54. The molecule has 0 aromatic heterocycles.